The van der Waals surface area contributed by atoms with Gasteiger partial charge in [-0.25, -0.2) is 0 Å². The topological polar surface area (TPSA) is 98.3 Å². The number of carbonyl (C=O) groups excluding carboxylic acids is 1. The lowest BCUT2D eigenvalue weighted by molar-refractivity contribution is 0.101. The number of Topliss-reactive ketones (excluding diaryl/α,β-unsaturated/α-hetero) is 1. The lowest BCUT2D eigenvalue weighted by atomic mass is 10.1. The summed E-state index contributed by atoms with van der Waals surface area (Å²) in [4.78, 5) is 15.7. The molecule has 0 saturated heterocycles. The summed E-state index contributed by atoms with van der Waals surface area (Å²) in [6.07, 6.45) is 1.52. The van der Waals surface area contributed by atoms with E-state index in [-0.39, 0.29) is 12.6 Å². The van der Waals surface area contributed by atoms with Crippen LogP contribution in [0.25, 0.3) is 0 Å². The van der Waals surface area contributed by atoms with Crippen molar-refractivity contribution in [2.45, 2.75) is 6.92 Å². The first-order chi connectivity index (χ1) is 12.7. The van der Waals surface area contributed by atoms with Crippen LogP contribution in [-0.4, -0.2) is 27.8 Å². The summed E-state index contributed by atoms with van der Waals surface area (Å²) in [7, 11) is 0. The standard InChI is InChI=1S/C18H15N5O3/c1-11(24)12-2-4-13(5-3-12)20-17-9-19-23-18(22-17)21-14-6-7-15-16(8-14)26-10-25-15/h2-9H,10H2,1H3,(H2,20,21,22,23). The highest BCUT2D eigenvalue weighted by atomic mass is 16.7. The molecule has 0 radical (unpaired) electrons. The van der Waals surface area contributed by atoms with E-state index >= 15 is 0 Å². The van der Waals surface area contributed by atoms with Crippen LogP contribution < -0.4 is 20.1 Å². The zero-order valence-corrected chi connectivity index (χ0v) is 13.9. The van der Waals surface area contributed by atoms with E-state index in [0.717, 1.165) is 11.4 Å². The van der Waals surface area contributed by atoms with Gasteiger partial charge in [-0.15, -0.1) is 5.10 Å². The van der Waals surface area contributed by atoms with Crippen LogP contribution in [0.1, 0.15) is 17.3 Å². The highest BCUT2D eigenvalue weighted by Gasteiger charge is 2.13. The van der Waals surface area contributed by atoms with Crippen LogP contribution in [0.4, 0.5) is 23.1 Å². The summed E-state index contributed by atoms with van der Waals surface area (Å²) in [6, 6.07) is 12.6. The normalized spacial score (nSPS) is 11.9. The van der Waals surface area contributed by atoms with Gasteiger partial charge in [0.25, 0.3) is 0 Å². The molecule has 26 heavy (non-hydrogen) atoms. The predicted molar refractivity (Wildman–Crippen MR) is 95.4 cm³/mol. The van der Waals surface area contributed by atoms with Crippen LogP contribution in [0.15, 0.2) is 48.7 Å². The van der Waals surface area contributed by atoms with Gasteiger partial charge in [0.1, 0.15) is 0 Å². The Balaban J connectivity index is 1.48. The minimum Gasteiger partial charge on any atom is -0.454 e. The number of ether oxygens (including phenoxy) is 2. The Bertz CT molecular complexity index is 959. The second-order valence-corrected chi connectivity index (χ2v) is 5.62. The maximum Gasteiger partial charge on any atom is 0.249 e. The van der Waals surface area contributed by atoms with Crippen LogP contribution in [0.5, 0.6) is 11.5 Å². The Labute approximate surface area is 149 Å². The zero-order chi connectivity index (χ0) is 17.9. The molecule has 0 spiro atoms. The average molecular weight is 349 g/mol. The highest BCUT2D eigenvalue weighted by Crippen LogP contribution is 2.34. The number of nitrogens with one attached hydrogen (secondary N) is 2. The summed E-state index contributed by atoms with van der Waals surface area (Å²) in [5.74, 6) is 2.27. The van der Waals surface area contributed by atoms with Gasteiger partial charge in [-0.3, -0.25) is 4.79 Å². The molecule has 0 unspecified atom stereocenters. The quantitative estimate of drug-likeness (QED) is 0.677. The van der Waals surface area contributed by atoms with Crippen molar-refractivity contribution in [1.29, 1.82) is 0 Å². The van der Waals surface area contributed by atoms with E-state index in [1.807, 2.05) is 30.3 Å². The molecule has 0 saturated carbocycles. The fourth-order valence-corrected chi connectivity index (χ4v) is 2.46. The molecule has 4 rings (SSSR count). The first-order valence-electron chi connectivity index (χ1n) is 7.92. The molecule has 0 amide bonds. The molecule has 3 aromatic rings. The van der Waals surface area contributed by atoms with Gasteiger partial charge in [0, 0.05) is 23.0 Å². The lowest BCUT2D eigenvalue weighted by Crippen LogP contribution is -2.02. The van der Waals surface area contributed by atoms with Gasteiger partial charge in [-0.2, -0.15) is 10.1 Å². The van der Waals surface area contributed by atoms with Gasteiger partial charge in [0.2, 0.25) is 12.7 Å². The Kier molecular flexibility index (Phi) is 4.06. The first kappa shape index (κ1) is 15.8. The summed E-state index contributed by atoms with van der Waals surface area (Å²) in [5.41, 5.74) is 2.21. The smallest absolute Gasteiger partial charge is 0.249 e. The fourth-order valence-electron chi connectivity index (χ4n) is 2.46. The number of benzene rings is 2. The minimum absolute atomic E-state index is 0.0236. The molecule has 8 nitrogen and oxygen atoms in total. The maximum absolute atomic E-state index is 11.3. The summed E-state index contributed by atoms with van der Waals surface area (Å²) >= 11 is 0. The first-order valence-corrected chi connectivity index (χ1v) is 7.92. The average Bonchev–Trinajstić information content (AvgIpc) is 3.10. The third-order valence-corrected chi connectivity index (χ3v) is 3.75. The van der Waals surface area contributed by atoms with Gasteiger partial charge in [-0.05, 0) is 43.3 Å². The Morgan fingerprint density at radius 3 is 2.58 bits per heavy atom. The van der Waals surface area contributed by atoms with E-state index in [9.17, 15) is 4.79 Å². The molecule has 1 aliphatic rings. The van der Waals surface area contributed by atoms with E-state index in [4.69, 9.17) is 9.47 Å². The monoisotopic (exact) mass is 349 g/mol. The minimum atomic E-state index is 0.0236. The Morgan fingerprint density at radius 1 is 1.00 bits per heavy atom. The summed E-state index contributed by atoms with van der Waals surface area (Å²) in [6.45, 7) is 1.75. The Hall–Kier alpha value is -3.68. The van der Waals surface area contributed by atoms with E-state index < -0.39 is 0 Å². The molecule has 0 fully saturated rings. The molecule has 130 valence electrons. The van der Waals surface area contributed by atoms with Crippen molar-refractivity contribution in [2.24, 2.45) is 0 Å². The molecular formula is C18H15N5O3. The molecule has 0 aliphatic carbocycles. The second kappa shape index (κ2) is 6.67. The largest absolute Gasteiger partial charge is 0.454 e. The lowest BCUT2D eigenvalue weighted by Gasteiger charge is -2.08. The third-order valence-electron chi connectivity index (χ3n) is 3.75. The van der Waals surface area contributed by atoms with Crippen LogP contribution in [-0.2, 0) is 0 Å². The number of hydrogen-bond donors (Lipinski definition) is 2. The van der Waals surface area contributed by atoms with Crippen molar-refractivity contribution in [2.75, 3.05) is 17.4 Å². The van der Waals surface area contributed by atoms with Crippen molar-refractivity contribution in [3.63, 3.8) is 0 Å². The number of carbonyl (C=O) groups is 1. The summed E-state index contributed by atoms with van der Waals surface area (Å²) in [5, 5.41) is 14.1. The number of anilines is 4. The van der Waals surface area contributed by atoms with Gasteiger partial charge < -0.3 is 20.1 Å². The van der Waals surface area contributed by atoms with E-state index in [2.05, 4.69) is 25.8 Å². The van der Waals surface area contributed by atoms with Crippen LogP contribution >= 0.6 is 0 Å². The van der Waals surface area contributed by atoms with Gasteiger partial charge >= 0.3 is 0 Å². The molecule has 2 heterocycles. The number of fused-ring (bicyclic) bond motifs is 1. The van der Waals surface area contributed by atoms with Crippen LogP contribution in [0, 0.1) is 0 Å². The van der Waals surface area contributed by atoms with Crippen LogP contribution in [0.2, 0.25) is 0 Å². The SMILES string of the molecule is CC(=O)c1ccc(Nc2cnnc(Nc3ccc4c(c3)OCO4)n2)cc1. The van der Waals surface area contributed by atoms with Crippen molar-refractivity contribution in [3.8, 4) is 11.5 Å². The maximum atomic E-state index is 11.3. The van der Waals surface area contributed by atoms with E-state index in [1.54, 1.807) is 12.1 Å². The number of nitrogens with zero attached hydrogens (tertiary/aromatic N) is 3. The number of rotatable bonds is 5. The molecule has 2 aromatic carbocycles. The van der Waals surface area contributed by atoms with Crippen molar-refractivity contribution < 1.29 is 14.3 Å². The molecule has 2 N–H and O–H groups in total. The fraction of sp³-hybridized carbons (Fsp3) is 0.111. The molecular weight excluding hydrogens is 334 g/mol. The molecule has 0 bridgehead atoms. The molecule has 8 heteroatoms. The van der Waals surface area contributed by atoms with Gasteiger partial charge in [0.05, 0.1) is 6.20 Å². The van der Waals surface area contributed by atoms with E-state index in [0.29, 0.717) is 28.8 Å². The summed E-state index contributed by atoms with van der Waals surface area (Å²) < 4.78 is 10.6. The van der Waals surface area contributed by atoms with Crippen LogP contribution in [0.3, 0.4) is 0 Å². The molecule has 0 atom stereocenters. The predicted octanol–water partition coefficient (Wildman–Crippen LogP) is 3.29. The molecule has 1 aromatic heterocycles. The number of aromatic nitrogens is 3. The van der Waals surface area contributed by atoms with Gasteiger partial charge in [-0.1, -0.05) is 0 Å². The molecule has 1 aliphatic heterocycles. The Morgan fingerprint density at radius 2 is 1.77 bits per heavy atom. The van der Waals surface area contributed by atoms with Gasteiger partial charge in [0.15, 0.2) is 23.1 Å². The third kappa shape index (κ3) is 3.39. The number of hydrogen-bond acceptors (Lipinski definition) is 8. The second-order valence-electron chi connectivity index (χ2n) is 5.62. The number of ketones is 1. The van der Waals surface area contributed by atoms with Crippen molar-refractivity contribution in [3.05, 3.63) is 54.2 Å². The highest BCUT2D eigenvalue weighted by molar-refractivity contribution is 5.94. The zero-order valence-electron chi connectivity index (χ0n) is 13.9. The van der Waals surface area contributed by atoms with Crippen molar-refractivity contribution in [1.82, 2.24) is 15.2 Å². The van der Waals surface area contributed by atoms with E-state index in [1.165, 1.54) is 13.1 Å². The van der Waals surface area contributed by atoms with Crippen molar-refractivity contribution >= 4 is 28.9 Å².